The molecular formula is C21H19IN2O6. The molecule has 0 amide bonds. The third-order valence-corrected chi connectivity index (χ3v) is 5.55. The van der Waals surface area contributed by atoms with Gasteiger partial charge in [-0.1, -0.05) is 24.3 Å². The Morgan fingerprint density at radius 1 is 0.867 bits per heavy atom. The van der Waals surface area contributed by atoms with Crippen LogP contribution in [-0.4, -0.2) is 34.4 Å². The number of hydrogen-bond acceptors (Lipinski definition) is 5. The Balaban J connectivity index is 2.10. The molecule has 156 valence electrons. The van der Waals surface area contributed by atoms with Crippen LogP contribution in [0.1, 0.15) is 21.6 Å². The largest absolute Gasteiger partial charge is 0.497 e. The average molecular weight is 522 g/mol. The van der Waals surface area contributed by atoms with E-state index in [4.69, 9.17) is 9.47 Å². The summed E-state index contributed by atoms with van der Waals surface area (Å²) in [7, 11) is 3.09. The number of aromatic carboxylic acids is 1. The van der Waals surface area contributed by atoms with Gasteiger partial charge in [-0.15, -0.1) is 0 Å². The number of nitrogens with zero attached hydrogens (tertiary/aromatic N) is 2. The Morgan fingerprint density at radius 3 is 1.70 bits per heavy atom. The van der Waals surface area contributed by atoms with E-state index in [-0.39, 0.29) is 22.4 Å². The summed E-state index contributed by atoms with van der Waals surface area (Å²) in [5.74, 6) is -0.0406. The van der Waals surface area contributed by atoms with Crippen LogP contribution >= 0.6 is 22.6 Å². The lowest BCUT2D eigenvalue weighted by molar-refractivity contribution is 0.0681. The summed E-state index contributed by atoms with van der Waals surface area (Å²) < 4.78 is 12.4. The number of carboxylic acids is 1. The molecule has 30 heavy (non-hydrogen) atoms. The van der Waals surface area contributed by atoms with E-state index in [0.29, 0.717) is 22.6 Å². The lowest BCUT2D eigenvalue weighted by Crippen LogP contribution is -2.44. The van der Waals surface area contributed by atoms with Crippen molar-refractivity contribution >= 4 is 28.6 Å². The zero-order valence-corrected chi connectivity index (χ0v) is 18.5. The number of methoxy groups -OCH3 is 2. The summed E-state index contributed by atoms with van der Waals surface area (Å²) >= 11 is 1.68. The minimum absolute atomic E-state index is 0.00333. The van der Waals surface area contributed by atoms with Gasteiger partial charge in [0.1, 0.15) is 15.1 Å². The van der Waals surface area contributed by atoms with Crippen LogP contribution in [0, 0.1) is 3.57 Å². The van der Waals surface area contributed by atoms with Crippen LogP contribution in [0.4, 0.5) is 0 Å². The van der Waals surface area contributed by atoms with Crippen molar-refractivity contribution < 1.29 is 19.4 Å². The van der Waals surface area contributed by atoms with Gasteiger partial charge in [-0.2, -0.15) is 0 Å². The molecule has 0 aliphatic carbocycles. The van der Waals surface area contributed by atoms with E-state index in [0.717, 1.165) is 9.13 Å². The maximum Gasteiger partial charge on any atom is 0.354 e. The standard InChI is InChI=1S/C21H19IN2O6/c1-29-15-7-3-13(4-8-15)11-23-18(20(26)27)17(22)19(25)24(21(23)28)12-14-5-9-16(30-2)10-6-14/h3-10H,11-12H2,1-2H3,(H,26,27). The molecule has 9 heteroatoms. The van der Waals surface area contributed by atoms with Gasteiger partial charge in [0.05, 0.1) is 27.3 Å². The predicted molar refractivity (Wildman–Crippen MR) is 119 cm³/mol. The van der Waals surface area contributed by atoms with Crippen LogP contribution < -0.4 is 20.7 Å². The molecule has 1 heterocycles. The summed E-state index contributed by atoms with van der Waals surface area (Å²) in [5, 5.41) is 9.65. The topological polar surface area (TPSA) is 99.8 Å². The number of carbonyl (C=O) groups is 1. The van der Waals surface area contributed by atoms with Crippen molar-refractivity contribution in [2.24, 2.45) is 0 Å². The van der Waals surface area contributed by atoms with Gasteiger partial charge in [0.2, 0.25) is 0 Å². The van der Waals surface area contributed by atoms with Crippen molar-refractivity contribution in [1.82, 2.24) is 9.13 Å². The van der Waals surface area contributed by atoms with Crippen LogP contribution in [0.15, 0.2) is 58.1 Å². The first-order valence-corrected chi connectivity index (χ1v) is 9.96. The van der Waals surface area contributed by atoms with E-state index >= 15 is 0 Å². The lowest BCUT2D eigenvalue weighted by atomic mass is 10.2. The van der Waals surface area contributed by atoms with E-state index in [2.05, 4.69) is 0 Å². The molecule has 0 spiro atoms. The number of hydrogen-bond donors (Lipinski definition) is 1. The van der Waals surface area contributed by atoms with Crippen molar-refractivity contribution in [1.29, 1.82) is 0 Å². The Labute approximate surface area is 185 Å². The van der Waals surface area contributed by atoms with Gasteiger partial charge in [-0.05, 0) is 58.0 Å². The van der Waals surface area contributed by atoms with Crippen LogP contribution in [0.25, 0.3) is 0 Å². The third kappa shape index (κ3) is 4.40. The van der Waals surface area contributed by atoms with Crippen molar-refractivity contribution in [3.8, 4) is 11.5 Å². The maximum absolute atomic E-state index is 13.1. The molecule has 3 rings (SSSR count). The van der Waals surface area contributed by atoms with Gasteiger partial charge >= 0.3 is 11.7 Å². The summed E-state index contributed by atoms with van der Waals surface area (Å²) in [4.78, 5) is 37.7. The fourth-order valence-electron chi connectivity index (χ4n) is 2.99. The SMILES string of the molecule is COc1ccc(Cn2c(C(=O)O)c(I)c(=O)n(Cc3ccc(OC)cc3)c2=O)cc1. The summed E-state index contributed by atoms with van der Waals surface area (Å²) in [6, 6.07) is 13.9. The van der Waals surface area contributed by atoms with Gasteiger partial charge < -0.3 is 14.6 Å². The van der Waals surface area contributed by atoms with Gasteiger partial charge in [-0.25, -0.2) is 9.59 Å². The minimum atomic E-state index is -1.33. The Bertz CT molecular complexity index is 1180. The second-order valence-corrected chi connectivity index (χ2v) is 7.50. The second kappa shape index (κ2) is 9.16. The third-order valence-electron chi connectivity index (χ3n) is 4.57. The summed E-state index contributed by atoms with van der Waals surface area (Å²) in [6.07, 6.45) is 0. The van der Waals surface area contributed by atoms with Crippen molar-refractivity contribution in [2.75, 3.05) is 14.2 Å². The number of rotatable bonds is 7. The highest BCUT2D eigenvalue weighted by molar-refractivity contribution is 14.1. The van der Waals surface area contributed by atoms with Crippen molar-refractivity contribution in [2.45, 2.75) is 13.1 Å². The number of ether oxygens (including phenoxy) is 2. The zero-order chi connectivity index (χ0) is 21.8. The van der Waals surface area contributed by atoms with Gasteiger partial charge in [0, 0.05) is 0 Å². The molecule has 1 N–H and O–H groups in total. The van der Waals surface area contributed by atoms with Crippen LogP contribution in [-0.2, 0) is 13.1 Å². The quantitative estimate of drug-likeness (QED) is 0.479. The number of halogens is 1. The fourth-order valence-corrected chi connectivity index (χ4v) is 3.80. The number of benzene rings is 2. The van der Waals surface area contributed by atoms with E-state index < -0.39 is 17.2 Å². The fraction of sp³-hybridized carbons (Fsp3) is 0.190. The Hall–Kier alpha value is -3.08. The number of carboxylic acid groups (broad SMARTS) is 1. The van der Waals surface area contributed by atoms with E-state index in [9.17, 15) is 19.5 Å². The summed E-state index contributed by atoms with van der Waals surface area (Å²) in [6.45, 7) is 0.0174. The molecule has 0 bridgehead atoms. The van der Waals surface area contributed by atoms with E-state index in [1.807, 2.05) is 0 Å². The molecule has 3 aromatic rings. The van der Waals surface area contributed by atoms with Crippen molar-refractivity contribution in [3.05, 3.63) is 89.8 Å². The maximum atomic E-state index is 13.1. The van der Waals surface area contributed by atoms with Crippen LogP contribution in [0.2, 0.25) is 0 Å². The van der Waals surface area contributed by atoms with Crippen molar-refractivity contribution in [3.63, 3.8) is 0 Å². The molecule has 0 saturated carbocycles. The normalized spacial score (nSPS) is 10.6. The summed E-state index contributed by atoms with van der Waals surface area (Å²) in [5.41, 5.74) is -0.243. The first kappa shape index (κ1) is 21.6. The minimum Gasteiger partial charge on any atom is -0.497 e. The molecule has 0 atom stereocenters. The highest BCUT2D eigenvalue weighted by Crippen LogP contribution is 2.15. The molecule has 8 nitrogen and oxygen atoms in total. The zero-order valence-electron chi connectivity index (χ0n) is 16.3. The molecule has 0 fully saturated rings. The first-order chi connectivity index (χ1) is 14.3. The number of aromatic nitrogens is 2. The average Bonchev–Trinajstić information content (AvgIpc) is 2.75. The molecule has 2 aromatic carbocycles. The first-order valence-electron chi connectivity index (χ1n) is 8.88. The lowest BCUT2D eigenvalue weighted by Gasteiger charge is -2.15. The van der Waals surface area contributed by atoms with Gasteiger partial charge in [0.15, 0.2) is 5.69 Å². The molecule has 1 aromatic heterocycles. The van der Waals surface area contributed by atoms with Gasteiger partial charge in [-0.3, -0.25) is 13.9 Å². The highest BCUT2D eigenvalue weighted by Gasteiger charge is 2.22. The monoisotopic (exact) mass is 522 g/mol. The Morgan fingerprint density at radius 2 is 1.30 bits per heavy atom. The van der Waals surface area contributed by atoms with E-state index in [1.165, 1.54) is 0 Å². The molecule has 0 aliphatic rings. The van der Waals surface area contributed by atoms with E-state index in [1.54, 1.807) is 85.3 Å². The smallest absolute Gasteiger partial charge is 0.354 e. The molecule has 0 saturated heterocycles. The second-order valence-electron chi connectivity index (χ2n) is 6.42. The van der Waals surface area contributed by atoms with Crippen LogP contribution in [0.5, 0.6) is 11.5 Å². The predicted octanol–water partition coefficient (Wildman–Crippen LogP) is 2.43. The Kier molecular flexibility index (Phi) is 6.60. The molecular weight excluding hydrogens is 503 g/mol. The molecule has 0 radical (unpaired) electrons. The highest BCUT2D eigenvalue weighted by atomic mass is 127. The molecule has 0 aliphatic heterocycles. The van der Waals surface area contributed by atoms with Gasteiger partial charge in [0.25, 0.3) is 5.56 Å². The van der Waals surface area contributed by atoms with Crippen LogP contribution in [0.3, 0.4) is 0 Å². The molecule has 0 unspecified atom stereocenters.